The monoisotopic (exact) mass is 399 g/mol. The fourth-order valence-corrected chi connectivity index (χ4v) is 7.01. The van der Waals surface area contributed by atoms with E-state index in [1.807, 2.05) is 0 Å². The van der Waals surface area contributed by atoms with Crippen molar-refractivity contribution in [3.63, 3.8) is 0 Å². The Morgan fingerprint density at radius 1 is 1.07 bits per heavy atom. The first-order valence-corrected chi connectivity index (χ1v) is 11.1. The summed E-state index contributed by atoms with van der Waals surface area (Å²) in [6.07, 6.45) is 5.77. The number of H-pyrrole nitrogens is 1. The number of nitrogen functional groups attached to an aromatic ring is 1. The number of aromatic amines is 1. The molecule has 2 fully saturated rings. The van der Waals surface area contributed by atoms with Crippen LogP contribution in [0.15, 0.2) is 30.3 Å². The Hall–Kier alpha value is -3.02. The van der Waals surface area contributed by atoms with Crippen LogP contribution in [0.3, 0.4) is 0 Å². The third kappa shape index (κ3) is 2.19. The molecule has 0 saturated heterocycles. The lowest BCUT2D eigenvalue weighted by atomic mass is 9.62. The molecule has 152 valence electrons. The van der Waals surface area contributed by atoms with Crippen LogP contribution in [0.4, 0.5) is 17.2 Å². The van der Waals surface area contributed by atoms with Gasteiger partial charge in [-0.2, -0.15) is 5.10 Å². The van der Waals surface area contributed by atoms with Gasteiger partial charge >= 0.3 is 0 Å². The number of aromatic nitrogens is 2. The van der Waals surface area contributed by atoms with E-state index >= 15 is 0 Å². The number of hydrogen-bond acceptors (Lipinski definition) is 4. The van der Waals surface area contributed by atoms with Gasteiger partial charge in [0.25, 0.3) is 0 Å². The average molecular weight is 399 g/mol. The second-order valence-corrected chi connectivity index (χ2v) is 9.68. The van der Waals surface area contributed by atoms with Gasteiger partial charge in [0.15, 0.2) is 5.82 Å². The van der Waals surface area contributed by atoms with Gasteiger partial charge in [-0.25, -0.2) is 0 Å². The van der Waals surface area contributed by atoms with Crippen molar-refractivity contribution in [1.82, 2.24) is 10.2 Å². The van der Waals surface area contributed by atoms with E-state index in [1.54, 1.807) is 0 Å². The molecule has 2 aromatic carbocycles. The quantitative estimate of drug-likeness (QED) is 0.490. The van der Waals surface area contributed by atoms with Gasteiger partial charge in [-0.1, -0.05) is 12.5 Å². The zero-order chi connectivity index (χ0) is 20.0. The van der Waals surface area contributed by atoms with Crippen LogP contribution < -0.4 is 16.4 Å². The maximum Gasteiger partial charge on any atom is 0.228 e. The van der Waals surface area contributed by atoms with E-state index in [0.717, 1.165) is 28.4 Å². The fraction of sp³-hybridized carbons (Fsp3) is 0.417. The van der Waals surface area contributed by atoms with Crippen molar-refractivity contribution in [2.24, 2.45) is 17.8 Å². The molecule has 0 spiro atoms. The summed E-state index contributed by atoms with van der Waals surface area (Å²) in [5, 5.41) is 15.1. The second kappa shape index (κ2) is 5.78. The summed E-state index contributed by atoms with van der Waals surface area (Å²) >= 11 is 0. The molecule has 7 rings (SSSR count). The molecule has 2 bridgehead atoms. The summed E-state index contributed by atoms with van der Waals surface area (Å²) in [6, 6.07) is 11.0. The van der Waals surface area contributed by atoms with Crippen LogP contribution in [0.1, 0.15) is 54.3 Å². The van der Waals surface area contributed by atoms with Crippen molar-refractivity contribution in [3.8, 4) is 0 Å². The van der Waals surface area contributed by atoms with E-state index in [-0.39, 0.29) is 11.9 Å². The lowest BCUT2D eigenvalue weighted by Crippen LogP contribution is -2.38. The summed E-state index contributed by atoms with van der Waals surface area (Å²) in [5.74, 6) is 3.30. The number of amides is 1. The minimum Gasteiger partial charge on any atom is -0.382 e. The number of nitrogens with zero attached hydrogens (tertiary/aromatic N) is 1. The normalized spacial score (nSPS) is 31.1. The number of benzene rings is 2. The third-order valence-corrected chi connectivity index (χ3v) is 8.17. The number of carbonyl (C=O) groups is 1. The Bertz CT molecular complexity index is 1210. The van der Waals surface area contributed by atoms with Crippen molar-refractivity contribution in [1.29, 1.82) is 0 Å². The molecule has 1 aromatic heterocycles. The first-order chi connectivity index (χ1) is 14.7. The lowest BCUT2D eigenvalue weighted by molar-refractivity contribution is -0.115. The standard InChI is InChI=1S/C24H25N5O/c25-24-15-9-13(3-4-18(15)28-29-24)23-16-8-11-1-2-12(7-11)21(16)22-14-10-20(30)26-17(14)5-6-19(22)27-23/h3-6,9,11-12,16,21,23,27H,1-2,7-8,10H2,(H,26,30)(H3,25,28,29)/t11?,12?,16-,21+,23+/m0/s1. The maximum atomic E-state index is 12.2. The van der Waals surface area contributed by atoms with E-state index in [0.29, 0.717) is 24.1 Å². The zero-order valence-electron chi connectivity index (χ0n) is 16.7. The maximum absolute atomic E-state index is 12.2. The average Bonchev–Trinajstić information content (AvgIpc) is 3.43. The number of rotatable bonds is 1. The smallest absolute Gasteiger partial charge is 0.228 e. The molecular weight excluding hydrogens is 374 g/mol. The Balaban J connectivity index is 1.40. The van der Waals surface area contributed by atoms with Crippen LogP contribution in [-0.2, 0) is 11.2 Å². The fourth-order valence-electron chi connectivity index (χ4n) is 7.01. The molecule has 2 unspecified atom stereocenters. The topological polar surface area (TPSA) is 95.8 Å². The minimum absolute atomic E-state index is 0.123. The SMILES string of the molecule is Nc1n[nH]c2ccc([C@H]3Nc4ccc5c(c4[C@@H]4C6CCC(C6)C[C@H]34)CC(=O)N5)cc12. The van der Waals surface area contributed by atoms with Crippen LogP contribution in [0, 0.1) is 17.8 Å². The number of anilines is 3. The highest BCUT2D eigenvalue weighted by Crippen LogP contribution is 2.61. The van der Waals surface area contributed by atoms with Gasteiger partial charge in [-0.3, -0.25) is 9.89 Å². The molecule has 3 aromatic rings. The van der Waals surface area contributed by atoms with E-state index in [1.165, 1.54) is 48.1 Å². The molecule has 6 heteroatoms. The molecule has 0 radical (unpaired) electrons. The van der Waals surface area contributed by atoms with Gasteiger partial charge in [-0.15, -0.1) is 0 Å². The molecule has 4 aliphatic rings. The van der Waals surface area contributed by atoms with Gasteiger partial charge in [0.05, 0.1) is 18.0 Å². The van der Waals surface area contributed by atoms with Gasteiger partial charge in [0.1, 0.15) is 0 Å². The Morgan fingerprint density at radius 3 is 2.90 bits per heavy atom. The third-order valence-electron chi connectivity index (χ3n) is 8.17. The van der Waals surface area contributed by atoms with Crippen LogP contribution in [0.5, 0.6) is 0 Å². The largest absolute Gasteiger partial charge is 0.382 e. The van der Waals surface area contributed by atoms with Crippen LogP contribution >= 0.6 is 0 Å². The number of nitrogens with two attached hydrogens (primary N) is 1. The van der Waals surface area contributed by atoms with E-state index in [9.17, 15) is 4.79 Å². The number of nitrogens with one attached hydrogen (secondary N) is 3. The van der Waals surface area contributed by atoms with Crippen LogP contribution in [0.2, 0.25) is 0 Å². The minimum atomic E-state index is 0.123. The summed E-state index contributed by atoms with van der Waals surface area (Å²) in [5.41, 5.74) is 13.3. The molecule has 2 saturated carbocycles. The van der Waals surface area contributed by atoms with Crippen molar-refractivity contribution in [3.05, 3.63) is 47.0 Å². The van der Waals surface area contributed by atoms with Crippen molar-refractivity contribution in [2.45, 2.75) is 44.1 Å². The van der Waals surface area contributed by atoms with Gasteiger partial charge < -0.3 is 16.4 Å². The van der Waals surface area contributed by atoms with Crippen molar-refractivity contribution < 1.29 is 4.79 Å². The lowest BCUT2D eigenvalue weighted by Gasteiger charge is -2.47. The Morgan fingerprint density at radius 2 is 1.97 bits per heavy atom. The molecular formula is C24H25N5O. The van der Waals surface area contributed by atoms with Gasteiger partial charge in [0, 0.05) is 16.8 Å². The summed E-state index contributed by atoms with van der Waals surface area (Å²) in [4.78, 5) is 12.2. The molecule has 2 aliphatic carbocycles. The first-order valence-electron chi connectivity index (χ1n) is 11.1. The van der Waals surface area contributed by atoms with Crippen LogP contribution in [0.25, 0.3) is 10.9 Å². The highest BCUT2D eigenvalue weighted by Gasteiger charge is 2.50. The molecule has 1 amide bonds. The predicted molar refractivity (Wildman–Crippen MR) is 117 cm³/mol. The number of carbonyl (C=O) groups excluding carboxylic acids is 1. The molecule has 6 nitrogen and oxygen atoms in total. The first kappa shape index (κ1) is 16.7. The molecule has 5 N–H and O–H groups in total. The summed E-state index contributed by atoms with van der Waals surface area (Å²) in [6.45, 7) is 0. The molecule has 30 heavy (non-hydrogen) atoms. The summed E-state index contributed by atoms with van der Waals surface area (Å²) < 4.78 is 0. The number of fused-ring (bicyclic) bond motifs is 9. The van der Waals surface area contributed by atoms with Gasteiger partial charge in [-0.05, 0) is 83.9 Å². The zero-order valence-corrected chi connectivity index (χ0v) is 16.7. The van der Waals surface area contributed by atoms with Crippen molar-refractivity contribution >= 4 is 34.0 Å². The Labute approximate surface area is 174 Å². The molecule has 5 atom stereocenters. The van der Waals surface area contributed by atoms with Crippen molar-refractivity contribution in [2.75, 3.05) is 16.4 Å². The highest BCUT2D eigenvalue weighted by molar-refractivity contribution is 6.00. The van der Waals surface area contributed by atoms with Crippen LogP contribution in [-0.4, -0.2) is 16.1 Å². The van der Waals surface area contributed by atoms with E-state index in [2.05, 4.69) is 51.2 Å². The highest BCUT2D eigenvalue weighted by atomic mass is 16.1. The molecule has 3 heterocycles. The molecule has 2 aliphatic heterocycles. The predicted octanol–water partition coefficient (Wildman–Crippen LogP) is 4.33. The summed E-state index contributed by atoms with van der Waals surface area (Å²) in [7, 11) is 0. The number of hydrogen-bond donors (Lipinski definition) is 4. The van der Waals surface area contributed by atoms with E-state index < -0.39 is 0 Å². The van der Waals surface area contributed by atoms with E-state index in [4.69, 9.17) is 5.73 Å². The second-order valence-electron chi connectivity index (χ2n) is 9.68. The van der Waals surface area contributed by atoms with Gasteiger partial charge in [0.2, 0.25) is 5.91 Å². The Kier molecular flexibility index (Phi) is 3.22.